The summed E-state index contributed by atoms with van der Waals surface area (Å²) in [6, 6.07) is 6.07. The van der Waals surface area contributed by atoms with Gasteiger partial charge < -0.3 is 20.1 Å². The highest BCUT2D eigenvalue weighted by atomic mass is 127. The fourth-order valence-electron chi connectivity index (χ4n) is 2.76. The molecule has 0 aliphatic carbocycles. The summed E-state index contributed by atoms with van der Waals surface area (Å²) >= 11 is 1.88. The summed E-state index contributed by atoms with van der Waals surface area (Å²) in [5.41, 5.74) is 0. The molecule has 1 saturated heterocycles. The Bertz CT molecular complexity index is 569. The Kier molecular flexibility index (Phi) is 11.4. The van der Waals surface area contributed by atoms with Crippen LogP contribution in [-0.2, 0) is 4.74 Å². The van der Waals surface area contributed by atoms with Crippen molar-refractivity contribution in [2.24, 2.45) is 4.99 Å². The van der Waals surface area contributed by atoms with E-state index in [2.05, 4.69) is 23.8 Å². The fraction of sp³-hybridized carbons (Fsp3) is 0.632. The first-order chi connectivity index (χ1) is 12.6. The number of benzene rings is 1. The van der Waals surface area contributed by atoms with Gasteiger partial charge in [-0.2, -0.15) is 11.8 Å². The number of nitrogens with zero attached hydrogens (tertiary/aromatic N) is 1. The monoisotopic (exact) mass is 511 g/mol. The van der Waals surface area contributed by atoms with Crippen LogP contribution in [0.1, 0.15) is 26.7 Å². The molecule has 0 amide bonds. The highest BCUT2D eigenvalue weighted by Gasteiger charge is 2.31. The van der Waals surface area contributed by atoms with Gasteiger partial charge in [-0.1, -0.05) is 0 Å². The zero-order chi connectivity index (χ0) is 18.8. The molecular weight excluding hydrogens is 480 g/mol. The molecule has 1 aliphatic rings. The standard InChI is InChI=1S/C19H30FN3O2S.HI/c1-4-21-18(23-14-19(26-3)9-11-24-12-10-19)22-13-15(2)25-17-7-5-16(20)6-8-17;/h5-8,15H,4,9-14H2,1-3H3,(H2,21,22,23);1H. The van der Waals surface area contributed by atoms with E-state index in [1.807, 2.05) is 18.7 Å². The number of thioether (sulfide) groups is 1. The molecule has 5 nitrogen and oxygen atoms in total. The maximum atomic E-state index is 13.0. The minimum atomic E-state index is -0.263. The third-order valence-corrected chi connectivity index (χ3v) is 5.82. The van der Waals surface area contributed by atoms with E-state index >= 15 is 0 Å². The van der Waals surface area contributed by atoms with Crippen molar-refractivity contribution in [3.63, 3.8) is 0 Å². The summed E-state index contributed by atoms with van der Waals surface area (Å²) in [5, 5.41) is 6.62. The molecule has 0 radical (unpaired) electrons. The zero-order valence-corrected chi connectivity index (χ0v) is 19.4. The van der Waals surface area contributed by atoms with E-state index in [1.165, 1.54) is 12.1 Å². The maximum absolute atomic E-state index is 13.0. The Hall–Kier alpha value is -0.740. The largest absolute Gasteiger partial charge is 0.489 e. The molecule has 154 valence electrons. The van der Waals surface area contributed by atoms with Crippen LogP contribution >= 0.6 is 35.7 Å². The van der Waals surface area contributed by atoms with E-state index in [0.717, 1.165) is 45.1 Å². The molecule has 0 spiro atoms. The van der Waals surface area contributed by atoms with Crippen molar-refractivity contribution in [2.75, 3.05) is 39.1 Å². The molecule has 0 saturated carbocycles. The highest BCUT2D eigenvalue weighted by molar-refractivity contribution is 14.0. The number of ether oxygens (including phenoxy) is 2. The summed E-state index contributed by atoms with van der Waals surface area (Å²) in [7, 11) is 0. The van der Waals surface area contributed by atoms with Crippen LogP contribution in [0.3, 0.4) is 0 Å². The molecule has 1 unspecified atom stereocenters. The Morgan fingerprint density at radius 1 is 1.30 bits per heavy atom. The van der Waals surface area contributed by atoms with E-state index < -0.39 is 0 Å². The summed E-state index contributed by atoms with van der Waals surface area (Å²) in [5.74, 6) is 1.19. The number of nitrogens with one attached hydrogen (secondary N) is 2. The van der Waals surface area contributed by atoms with Crippen molar-refractivity contribution in [2.45, 2.75) is 37.5 Å². The maximum Gasteiger partial charge on any atom is 0.191 e. The first kappa shape index (κ1) is 24.3. The van der Waals surface area contributed by atoms with Gasteiger partial charge in [0.1, 0.15) is 17.7 Å². The van der Waals surface area contributed by atoms with Crippen LogP contribution in [0.25, 0.3) is 0 Å². The average molecular weight is 511 g/mol. The topological polar surface area (TPSA) is 54.9 Å². The Morgan fingerprint density at radius 2 is 1.96 bits per heavy atom. The minimum Gasteiger partial charge on any atom is -0.489 e. The van der Waals surface area contributed by atoms with Crippen molar-refractivity contribution in [3.05, 3.63) is 30.1 Å². The lowest BCUT2D eigenvalue weighted by atomic mass is 9.99. The molecule has 1 fully saturated rings. The second-order valence-corrected chi connectivity index (χ2v) is 7.73. The molecule has 2 rings (SSSR count). The van der Waals surface area contributed by atoms with Gasteiger partial charge in [-0.3, -0.25) is 4.99 Å². The fourth-order valence-corrected chi connectivity index (χ4v) is 3.53. The summed E-state index contributed by atoms with van der Waals surface area (Å²) < 4.78 is 24.4. The second-order valence-electron chi connectivity index (χ2n) is 6.46. The van der Waals surface area contributed by atoms with E-state index in [1.54, 1.807) is 12.1 Å². The molecule has 0 aromatic heterocycles. The van der Waals surface area contributed by atoms with Gasteiger partial charge in [-0.05, 0) is 57.2 Å². The van der Waals surface area contributed by atoms with Crippen molar-refractivity contribution >= 4 is 41.7 Å². The van der Waals surface area contributed by atoms with Gasteiger partial charge in [-0.15, -0.1) is 24.0 Å². The van der Waals surface area contributed by atoms with Gasteiger partial charge in [0.2, 0.25) is 0 Å². The van der Waals surface area contributed by atoms with Crippen LogP contribution in [0.2, 0.25) is 0 Å². The lowest BCUT2D eigenvalue weighted by Gasteiger charge is -2.34. The van der Waals surface area contributed by atoms with Gasteiger partial charge >= 0.3 is 0 Å². The molecule has 1 aliphatic heterocycles. The van der Waals surface area contributed by atoms with Gasteiger partial charge in [-0.25, -0.2) is 4.39 Å². The van der Waals surface area contributed by atoms with E-state index in [-0.39, 0.29) is 40.6 Å². The third-order valence-electron chi connectivity index (χ3n) is 4.41. The molecule has 1 atom stereocenters. The summed E-state index contributed by atoms with van der Waals surface area (Å²) in [4.78, 5) is 4.78. The average Bonchev–Trinajstić information content (AvgIpc) is 2.66. The van der Waals surface area contributed by atoms with E-state index in [9.17, 15) is 4.39 Å². The number of halogens is 2. The SMILES string of the molecule is CCNC(=NCC1(SC)CCOCC1)NCC(C)Oc1ccc(F)cc1.I. The van der Waals surface area contributed by atoms with Crippen LogP contribution in [0, 0.1) is 5.82 Å². The smallest absolute Gasteiger partial charge is 0.191 e. The predicted octanol–water partition coefficient (Wildman–Crippen LogP) is 3.68. The molecule has 8 heteroatoms. The first-order valence-electron chi connectivity index (χ1n) is 9.14. The van der Waals surface area contributed by atoms with Gasteiger partial charge in [0.05, 0.1) is 13.1 Å². The molecule has 1 heterocycles. The van der Waals surface area contributed by atoms with Crippen molar-refractivity contribution in [1.29, 1.82) is 0 Å². The van der Waals surface area contributed by atoms with Crippen molar-refractivity contribution < 1.29 is 13.9 Å². The van der Waals surface area contributed by atoms with Crippen LogP contribution in [0.4, 0.5) is 4.39 Å². The minimum absolute atomic E-state index is 0. The molecular formula is C19H31FIN3O2S. The van der Waals surface area contributed by atoms with Gasteiger partial charge in [0.15, 0.2) is 5.96 Å². The highest BCUT2D eigenvalue weighted by Crippen LogP contribution is 2.33. The van der Waals surface area contributed by atoms with E-state index in [0.29, 0.717) is 12.3 Å². The lowest BCUT2D eigenvalue weighted by molar-refractivity contribution is 0.0794. The number of hydrogen-bond donors (Lipinski definition) is 2. The normalized spacial score (nSPS) is 17.6. The van der Waals surface area contributed by atoms with E-state index in [4.69, 9.17) is 14.5 Å². The number of aliphatic imine (C=N–C) groups is 1. The van der Waals surface area contributed by atoms with Crippen molar-refractivity contribution in [3.8, 4) is 5.75 Å². The molecule has 0 bridgehead atoms. The van der Waals surface area contributed by atoms with Gasteiger partial charge in [0, 0.05) is 24.5 Å². The number of hydrogen-bond acceptors (Lipinski definition) is 4. The van der Waals surface area contributed by atoms with Gasteiger partial charge in [0.25, 0.3) is 0 Å². The first-order valence-corrected chi connectivity index (χ1v) is 10.4. The molecule has 27 heavy (non-hydrogen) atoms. The van der Waals surface area contributed by atoms with Crippen LogP contribution in [0.5, 0.6) is 5.75 Å². The lowest BCUT2D eigenvalue weighted by Crippen LogP contribution is -2.43. The summed E-state index contributed by atoms with van der Waals surface area (Å²) in [6.45, 7) is 7.81. The van der Waals surface area contributed by atoms with Crippen LogP contribution < -0.4 is 15.4 Å². The zero-order valence-electron chi connectivity index (χ0n) is 16.3. The Labute approximate surface area is 183 Å². The summed E-state index contributed by atoms with van der Waals surface area (Å²) in [6.07, 6.45) is 4.14. The van der Waals surface area contributed by atoms with Crippen LogP contribution in [-0.4, -0.2) is 55.9 Å². The second kappa shape index (κ2) is 12.7. The number of rotatable bonds is 8. The molecule has 1 aromatic rings. The molecule has 2 N–H and O–H groups in total. The predicted molar refractivity (Wildman–Crippen MR) is 122 cm³/mol. The van der Waals surface area contributed by atoms with Crippen molar-refractivity contribution in [1.82, 2.24) is 10.6 Å². The third kappa shape index (κ3) is 8.43. The molecule has 1 aromatic carbocycles. The number of guanidine groups is 1. The Morgan fingerprint density at radius 3 is 2.56 bits per heavy atom. The quantitative estimate of drug-likeness (QED) is 0.317. The Balaban J connectivity index is 0.00000364. The van der Waals surface area contributed by atoms with Crippen LogP contribution in [0.15, 0.2) is 29.3 Å².